The number of nitrogens with zero attached hydrogens (tertiary/aromatic N) is 2. The average molecular weight is 298 g/mol. The van der Waals surface area contributed by atoms with Crippen LogP contribution in [0.15, 0.2) is 40.5 Å². The Labute approximate surface area is 133 Å². The van der Waals surface area contributed by atoms with Crippen molar-refractivity contribution in [2.75, 3.05) is 7.05 Å². The Bertz CT molecular complexity index is 588. The van der Waals surface area contributed by atoms with Gasteiger partial charge in [0.05, 0.1) is 11.2 Å². The molecule has 0 N–H and O–H groups in total. The second-order valence-corrected chi connectivity index (χ2v) is 6.36. The lowest BCUT2D eigenvalue weighted by Crippen LogP contribution is -2.41. The third-order valence-corrected chi connectivity index (χ3v) is 4.27. The van der Waals surface area contributed by atoms with Gasteiger partial charge in [0, 0.05) is 25.0 Å². The zero-order chi connectivity index (χ0) is 16.4. The fourth-order valence-electron chi connectivity index (χ4n) is 2.23. The van der Waals surface area contributed by atoms with E-state index >= 15 is 0 Å². The highest BCUT2D eigenvalue weighted by Gasteiger charge is 2.51. The Morgan fingerprint density at radius 3 is 2.09 bits per heavy atom. The van der Waals surface area contributed by atoms with Crippen molar-refractivity contribution in [3.05, 3.63) is 36.0 Å². The van der Waals surface area contributed by atoms with Crippen molar-refractivity contribution in [2.45, 2.75) is 38.9 Å². The number of aliphatic imine (C=N–C) groups is 2. The summed E-state index contributed by atoms with van der Waals surface area (Å²) in [5, 5.41) is 0. The summed E-state index contributed by atoms with van der Waals surface area (Å²) in [4.78, 5) is 7.85. The minimum atomic E-state index is -0.344. The molecule has 2 rings (SSSR count). The molecule has 0 aromatic heterocycles. The number of allylic oxidation sites excluding steroid dienone is 1. The van der Waals surface area contributed by atoms with E-state index in [1.165, 1.54) is 0 Å². The summed E-state index contributed by atoms with van der Waals surface area (Å²) in [6, 6.07) is 8.05. The molecule has 0 saturated carbocycles. The van der Waals surface area contributed by atoms with Gasteiger partial charge >= 0.3 is 7.12 Å². The number of hydrogen-bond acceptors (Lipinski definition) is 4. The lowest BCUT2D eigenvalue weighted by atomic mass is 9.78. The van der Waals surface area contributed by atoms with Gasteiger partial charge in [0.1, 0.15) is 0 Å². The Morgan fingerprint density at radius 1 is 1.09 bits per heavy atom. The van der Waals surface area contributed by atoms with Crippen LogP contribution in [0.25, 0.3) is 5.57 Å². The molecular weight excluding hydrogens is 275 g/mol. The molecule has 116 valence electrons. The number of hydrogen-bond donors (Lipinski definition) is 0. The Kier molecular flexibility index (Phi) is 4.68. The summed E-state index contributed by atoms with van der Waals surface area (Å²) in [7, 11) is 1.39. The van der Waals surface area contributed by atoms with Crippen molar-refractivity contribution in [3.8, 4) is 0 Å². The van der Waals surface area contributed by atoms with Crippen molar-refractivity contribution < 1.29 is 9.31 Å². The molecule has 0 unspecified atom stereocenters. The van der Waals surface area contributed by atoms with Crippen molar-refractivity contribution in [3.63, 3.8) is 0 Å². The second kappa shape index (κ2) is 6.19. The summed E-state index contributed by atoms with van der Waals surface area (Å²) in [6.07, 6.45) is 3.45. The maximum atomic E-state index is 6.05. The molecule has 1 fully saturated rings. The molecule has 0 bridgehead atoms. The van der Waals surface area contributed by atoms with E-state index in [0.717, 1.165) is 16.6 Å². The molecule has 0 amide bonds. The highest BCUT2D eigenvalue weighted by atomic mass is 16.7. The largest absolute Gasteiger partial charge is 0.494 e. The van der Waals surface area contributed by atoms with Gasteiger partial charge in [-0.15, -0.1) is 0 Å². The van der Waals surface area contributed by atoms with Gasteiger partial charge in [0.2, 0.25) is 0 Å². The molecule has 1 saturated heterocycles. The lowest BCUT2D eigenvalue weighted by molar-refractivity contribution is 0.00578. The third-order valence-electron chi connectivity index (χ3n) is 4.27. The van der Waals surface area contributed by atoms with Crippen molar-refractivity contribution in [1.82, 2.24) is 0 Å². The zero-order valence-corrected chi connectivity index (χ0v) is 14.0. The maximum absolute atomic E-state index is 6.05. The Balaban J connectivity index is 2.23. The van der Waals surface area contributed by atoms with Gasteiger partial charge in [0.25, 0.3) is 0 Å². The van der Waals surface area contributed by atoms with Crippen LogP contribution in [0.4, 0.5) is 0 Å². The van der Waals surface area contributed by atoms with Crippen molar-refractivity contribution in [1.29, 1.82) is 0 Å². The quantitative estimate of drug-likeness (QED) is 0.633. The lowest BCUT2D eigenvalue weighted by Gasteiger charge is -2.32. The Morgan fingerprint density at radius 2 is 1.64 bits per heavy atom. The van der Waals surface area contributed by atoms with E-state index < -0.39 is 0 Å². The van der Waals surface area contributed by atoms with Crippen LogP contribution in [-0.2, 0) is 9.31 Å². The third kappa shape index (κ3) is 3.21. The van der Waals surface area contributed by atoms with Crippen LogP contribution in [0.1, 0.15) is 33.3 Å². The van der Waals surface area contributed by atoms with Gasteiger partial charge < -0.3 is 9.31 Å². The van der Waals surface area contributed by atoms with Crippen LogP contribution in [-0.4, -0.2) is 38.3 Å². The second-order valence-electron chi connectivity index (χ2n) is 6.36. The van der Waals surface area contributed by atoms with E-state index in [4.69, 9.17) is 9.31 Å². The SMILES string of the molecule is C=NC=C(C=NC)c1ccc(B2OC(C)(C)C(C)(C)O2)cc1. The molecule has 0 radical (unpaired) electrons. The standard InChI is InChI=1S/C17H23BN2O2/c1-16(2)17(3,4)22-18(21-16)15-9-7-13(8-10-15)14(11-19-5)12-20-6/h7-12H,5H2,1-4,6H3. The van der Waals surface area contributed by atoms with E-state index in [9.17, 15) is 0 Å². The minimum Gasteiger partial charge on any atom is -0.399 e. The van der Waals surface area contributed by atoms with Gasteiger partial charge in [-0.05, 0) is 45.4 Å². The van der Waals surface area contributed by atoms with Crippen LogP contribution in [0, 0.1) is 0 Å². The van der Waals surface area contributed by atoms with Gasteiger partial charge in [0.15, 0.2) is 0 Å². The summed E-state index contributed by atoms with van der Waals surface area (Å²) in [5.41, 5.74) is 2.28. The first-order chi connectivity index (χ1) is 10.3. The van der Waals surface area contributed by atoms with E-state index in [-0.39, 0.29) is 18.3 Å². The fourth-order valence-corrected chi connectivity index (χ4v) is 2.23. The number of rotatable bonds is 4. The highest BCUT2D eigenvalue weighted by Crippen LogP contribution is 2.36. The normalized spacial score (nSPS) is 20.6. The molecule has 1 aromatic carbocycles. The summed E-state index contributed by atoms with van der Waals surface area (Å²) in [6.45, 7) is 11.7. The summed E-state index contributed by atoms with van der Waals surface area (Å²) in [5.74, 6) is 0. The summed E-state index contributed by atoms with van der Waals surface area (Å²) < 4.78 is 12.1. The highest BCUT2D eigenvalue weighted by molar-refractivity contribution is 6.62. The molecule has 1 aromatic rings. The average Bonchev–Trinajstić information content (AvgIpc) is 2.67. The topological polar surface area (TPSA) is 43.2 Å². The van der Waals surface area contributed by atoms with Crippen molar-refractivity contribution >= 4 is 31.1 Å². The fraction of sp³-hybridized carbons (Fsp3) is 0.412. The zero-order valence-electron chi connectivity index (χ0n) is 14.0. The van der Waals surface area contributed by atoms with Gasteiger partial charge in [-0.3, -0.25) is 9.98 Å². The smallest absolute Gasteiger partial charge is 0.399 e. The maximum Gasteiger partial charge on any atom is 0.494 e. The van der Waals surface area contributed by atoms with Crippen LogP contribution in [0.3, 0.4) is 0 Å². The monoisotopic (exact) mass is 298 g/mol. The summed E-state index contributed by atoms with van der Waals surface area (Å²) >= 11 is 0. The van der Waals surface area contributed by atoms with Crippen LogP contribution >= 0.6 is 0 Å². The van der Waals surface area contributed by atoms with Gasteiger partial charge in [-0.25, -0.2) is 0 Å². The van der Waals surface area contributed by atoms with E-state index in [1.807, 2.05) is 24.3 Å². The van der Waals surface area contributed by atoms with E-state index in [0.29, 0.717) is 0 Å². The van der Waals surface area contributed by atoms with Crippen LogP contribution in [0.5, 0.6) is 0 Å². The number of benzene rings is 1. The molecule has 1 aliphatic heterocycles. The molecule has 0 atom stereocenters. The van der Waals surface area contributed by atoms with E-state index in [2.05, 4.69) is 44.4 Å². The molecule has 0 spiro atoms. The predicted octanol–water partition coefficient (Wildman–Crippen LogP) is 2.73. The molecular formula is C17H23BN2O2. The van der Waals surface area contributed by atoms with E-state index in [1.54, 1.807) is 19.5 Å². The predicted molar refractivity (Wildman–Crippen MR) is 94.1 cm³/mol. The minimum absolute atomic E-state index is 0.330. The Hall–Kier alpha value is -1.72. The first kappa shape index (κ1) is 16.7. The molecule has 0 aliphatic carbocycles. The van der Waals surface area contributed by atoms with Gasteiger partial charge in [-0.2, -0.15) is 0 Å². The molecule has 1 heterocycles. The van der Waals surface area contributed by atoms with Crippen molar-refractivity contribution in [2.24, 2.45) is 9.98 Å². The molecule has 5 heteroatoms. The first-order valence-corrected chi connectivity index (χ1v) is 7.35. The van der Waals surface area contributed by atoms with Crippen LogP contribution in [0.2, 0.25) is 0 Å². The molecule has 1 aliphatic rings. The van der Waals surface area contributed by atoms with Crippen LogP contribution < -0.4 is 5.46 Å². The molecule has 4 nitrogen and oxygen atoms in total. The molecule has 22 heavy (non-hydrogen) atoms. The first-order valence-electron chi connectivity index (χ1n) is 7.35. The van der Waals surface area contributed by atoms with Gasteiger partial charge in [-0.1, -0.05) is 24.3 Å².